The topological polar surface area (TPSA) is 167 Å². The Kier molecular flexibility index (Phi) is 4.88. The summed E-state index contributed by atoms with van der Waals surface area (Å²) in [4.78, 5) is 22.9. The summed E-state index contributed by atoms with van der Waals surface area (Å²) < 4.78 is 23.2. The zero-order chi connectivity index (χ0) is 18.4. The molecule has 0 radical (unpaired) electrons. The number of hydrogen-bond acceptors (Lipinski definition) is 11. The molecule has 4 rings (SSSR count). The number of fused-ring (bicyclic) bond motifs is 2. The number of rotatable bonds is 4. The van der Waals surface area contributed by atoms with Crippen LogP contribution in [0, 0.1) is 0 Å². The van der Waals surface area contributed by atoms with Crippen molar-refractivity contribution >= 4 is 37.5 Å². The first-order valence-corrected chi connectivity index (χ1v) is 9.84. The minimum absolute atomic E-state index is 0.0688. The van der Waals surface area contributed by atoms with Crippen LogP contribution in [0.25, 0.3) is 11.2 Å². The maximum Gasteiger partial charge on any atom is 0.335 e. The van der Waals surface area contributed by atoms with E-state index in [1.165, 1.54) is 16.3 Å². The first-order chi connectivity index (χ1) is 12.5. The van der Waals surface area contributed by atoms with Crippen LogP contribution in [0.2, 0.25) is 0 Å². The van der Waals surface area contributed by atoms with E-state index < -0.39 is 45.5 Å². The van der Waals surface area contributed by atoms with Gasteiger partial charge in [-0.25, -0.2) is 4.98 Å². The summed E-state index contributed by atoms with van der Waals surface area (Å²) in [5, 5.41) is 20.0. The molecule has 2 fully saturated rings. The molecule has 0 saturated carbocycles. The Morgan fingerprint density at radius 1 is 1.54 bits per heavy atom. The van der Waals surface area contributed by atoms with Gasteiger partial charge in [-0.05, 0) is 6.26 Å². The molecule has 0 amide bonds. The molecule has 26 heavy (non-hydrogen) atoms. The van der Waals surface area contributed by atoms with Gasteiger partial charge in [0.05, 0.1) is 6.61 Å². The Morgan fingerprint density at radius 3 is 3.08 bits per heavy atom. The highest BCUT2D eigenvalue weighted by Gasteiger charge is 2.51. The van der Waals surface area contributed by atoms with Crippen molar-refractivity contribution in [2.24, 2.45) is 0 Å². The number of nitrogens with one attached hydrogen (secondary N) is 1. The first-order valence-electron chi connectivity index (χ1n) is 7.52. The van der Waals surface area contributed by atoms with Crippen molar-refractivity contribution in [3.05, 3.63) is 10.4 Å². The van der Waals surface area contributed by atoms with E-state index in [0.717, 1.165) is 0 Å². The van der Waals surface area contributed by atoms with E-state index in [1.807, 2.05) is 0 Å². The fourth-order valence-corrected chi connectivity index (χ4v) is 4.52. The van der Waals surface area contributed by atoms with E-state index in [1.54, 1.807) is 6.26 Å². The molecule has 12 nitrogen and oxygen atoms in total. The van der Waals surface area contributed by atoms with Crippen LogP contribution in [0.4, 0.5) is 5.95 Å². The number of aromatic amines is 1. The molecule has 0 spiro atoms. The molecule has 0 aliphatic carbocycles. The maximum atomic E-state index is 12.1. The van der Waals surface area contributed by atoms with Crippen LogP contribution < -0.4 is 11.3 Å². The summed E-state index contributed by atoms with van der Waals surface area (Å²) >= 11 is 1.27. The number of nitrogens with two attached hydrogens (primary N) is 1. The third-order valence-corrected chi connectivity index (χ3v) is 5.75. The summed E-state index contributed by atoms with van der Waals surface area (Å²) in [5.74, 6) is -0.0688. The van der Waals surface area contributed by atoms with Gasteiger partial charge in [0.2, 0.25) is 5.95 Å². The van der Waals surface area contributed by atoms with Crippen molar-refractivity contribution in [3.8, 4) is 0 Å². The van der Waals surface area contributed by atoms with E-state index in [2.05, 4.69) is 15.0 Å². The zero-order valence-corrected chi connectivity index (χ0v) is 15.1. The van der Waals surface area contributed by atoms with Gasteiger partial charge in [-0.2, -0.15) is 4.98 Å². The highest BCUT2D eigenvalue weighted by molar-refractivity contribution is 7.98. The average Bonchev–Trinajstić information content (AvgIpc) is 3.13. The Hall–Kier alpha value is -1.31. The molecule has 5 atom stereocenters. The van der Waals surface area contributed by atoms with Crippen LogP contribution in [0.15, 0.2) is 9.95 Å². The molecular formula is C12H16N5O7PS. The predicted molar refractivity (Wildman–Crippen MR) is 90.2 cm³/mol. The minimum Gasteiger partial charge on any atom is -0.386 e. The first kappa shape index (κ1) is 18.1. The Bertz CT molecular complexity index is 878. The quantitative estimate of drug-likeness (QED) is 0.288. The van der Waals surface area contributed by atoms with Crippen molar-refractivity contribution in [1.82, 2.24) is 19.5 Å². The number of ether oxygens (including phenoxy) is 1. The zero-order valence-electron chi connectivity index (χ0n) is 13.4. The maximum absolute atomic E-state index is 12.1. The van der Waals surface area contributed by atoms with Gasteiger partial charge in [0, 0.05) is 0 Å². The molecular weight excluding hydrogens is 389 g/mol. The van der Waals surface area contributed by atoms with Gasteiger partial charge in [-0.1, -0.05) is 11.8 Å². The number of thioether (sulfide) groups is 1. The number of hydrogen-bond donors (Lipinski definition) is 4. The third kappa shape index (κ3) is 2.90. The second-order valence-electron chi connectivity index (χ2n) is 5.50. The average molecular weight is 405 g/mol. The lowest BCUT2D eigenvalue weighted by Gasteiger charge is -2.29. The Labute approximate surface area is 151 Å². The van der Waals surface area contributed by atoms with Crippen LogP contribution in [-0.2, 0) is 18.3 Å². The van der Waals surface area contributed by atoms with E-state index in [4.69, 9.17) is 29.1 Å². The van der Waals surface area contributed by atoms with Crippen LogP contribution in [0.5, 0.6) is 0 Å². The monoisotopic (exact) mass is 405 g/mol. The summed E-state index contributed by atoms with van der Waals surface area (Å²) in [7, 11) is -1.77. The number of imidazole rings is 1. The van der Waals surface area contributed by atoms with Crippen LogP contribution in [0.3, 0.4) is 0 Å². The van der Waals surface area contributed by atoms with E-state index >= 15 is 0 Å². The van der Waals surface area contributed by atoms with Crippen LogP contribution >= 0.6 is 20.4 Å². The molecule has 142 valence electrons. The van der Waals surface area contributed by atoms with Crippen molar-refractivity contribution in [1.29, 1.82) is 0 Å². The van der Waals surface area contributed by atoms with Gasteiger partial charge < -0.3 is 29.7 Å². The molecule has 2 aromatic rings. The fourth-order valence-electron chi connectivity index (χ4n) is 2.93. The van der Waals surface area contributed by atoms with Gasteiger partial charge in [0.1, 0.15) is 18.3 Å². The predicted octanol–water partition coefficient (Wildman–Crippen LogP) is -0.709. The van der Waals surface area contributed by atoms with Crippen molar-refractivity contribution in [3.63, 3.8) is 0 Å². The number of aromatic nitrogens is 4. The van der Waals surface area contributed by atoms with Gasteiger partial charge in [-0.3, -0.25) is 18.9 Å². The van der Waals surface area contributed by atoms with Gasteiger partial charge in [0.25, 0.3) is 5.56 Å². The smallest absolute Gasteiger partial charge is 0.335 e. The SMILES string of the molecule is CSc1nc2c(=O)[nH]c(N)nc2n1[C@@H]1OC2COP(OCO)O[C@H]2C1O. The second-order valence-corrected chi connectivity index (χ2v) is 7.44. The standard InChI is InChI=1S/C12H16N5O7PS/c1-26-12-14-5-8(15-11(13)16-9(5)20)17(12)10-6(19)7-4(23-10)2-21-25(24-7)22-3-18/h4,6-7,10,18-19H,2-3H2,1H3,(H3,13,15,16,20)/t4?,6?,7-,10-,25?/m1/s1. The number of H-pyrrole nitrogens is 1. The molecule has 2 aromatic heterocycles. The van der Waals surface area contributed by atoms with E-state index in [-0.39, 0.29) is 23.7 Å². The van der Waals surface area contributed by atoms with Crippen LogP contribution in [-0.4, -0.2) is 67.7 Å². The lowest BCUT2D eigenvalue weighted by atomic mass is 10.1. The largest absolute Gasteiger partial charge is 0.386 e. The molecule has 3 unspecified atom stereocenters. The molecule has 2 saturated heterocycles. The summed E-state index contributed by atoms with van der Waals surface area (Å²) in [6.07, 6.45) is -1.50. The molecule has 4 heterocycles. The summed E-state index contributed by atoms with van der Waals surface area (Å²) in [5.41, 5.74) is 5.46. The lowest BCUT2D eigenvalue weighted by Crippen LogP contribution is -2.38. The highest BCUT2D eigenvalue weighted by atomic mass is 32.2. The number of aliphatic hydroxyl groups excluding tert-OH is 2. The summed E-state index contributed by atoms with van der Waals surface area (Å²) in [6, 6.07) is 0. The van der Waals surface area contributed by atoms with Gasteiger partial charge in [0.15, 0.2) is 29.3 Å². The molecule has 0 bridgehead atoms. The van der Waals surface area contributed by atoms with Crippen molar-refractivity contribution < 1.29 is 28.5 Å². The highest BCUT2D eigenvalue weighted by Crippen LogP contribution is 2.50. The van der Waals surface area contributed by atoms with Crippen molar-refractivity contribution in [2.75, 3.05) is 25.4 Å². The lowest BCUT2D eigenvalue weighted by molar-refractivity contribution is -0.0682. The number of anilines is 1. The molecule has 2 aliphatic heterocycles. The van der Waals surface area contributed by atoms with Gasteiger partial charge >= 0.3 is 8.60 Å². The number of nitrogens with zero attached hydrogens (tertiary/aromatic N) is 3. The van der Waals surface area contributed by atoms with Crippen LogP contribution in [0.1, 0.15) is 6.23 Å². The fraction of sp³-hybridized carbons (Fsp3) is 0.583. The molecule has 2 aliphatic rings. The van der Waals surface area contributed by atoms with Gasteiger partial charge in [-0.15, -0.1) is 0 Å². The van der Waals surface area contributed by atoms with E-state index in [0.29, 0.717) is 5.16 Å². The molecule has 5 N–H and O–H groups in total. The Morgan fingerprint density at radius 2 is 2.35 bits per heavy atom. The minimum atomic E-state index is -1.77. The number of nitrogen functional groups attached to an aromatic ring is 1. The Balaban J connectivity index is 1.73. The second kappa shape index (κ2) is 7.02. The normalized spacial score (nSPS) is 31.4. The number of aliphatic hydroxyl groups is 2. The molecule has 14 heteroatoms. The summed E-state index contributed by atoms with van der Waals surface area (Å²) in [6.45, 7) is -0.431. The van der Waals surface area contributed by atoms with E-state index in [9.17, 15) is 9.90 Å². The molecule has 0 aromatic carbocycles. The van der Waals surface area contributed by atoms with Crippen molar-refractivity contribution in [2.45, 2.75) is 29.7 Å². The third-order valence-electron chi connectivity index (χ3n) is 4.00.